The van der Waals surface area contributed by atoms with Crippen molar-refractivity contribution in [1.82, 2.24) is 0 Å². The molecular formula is C19H21N3O6S. The standard InChI is InChI=1S/C19H21N3O6S/c1-2-3-12-28-19(25)15-6-4-5-7-16(15)22-18(24)17(23)21-13-8-10-14(11-9-13)29(20,26)27/h4-11H,2-3,12H2,1H3,(H,21,23)(H,22,24)(H2,20,26,27). The fourth-order valence-electron chi connectivity index (χ4n) is 2.25. The van der Waals surface area contributed by atoms with Crippen molar-refractivity contribution in [3.8, 4) is 0 Å². The maximum Gasteiger partial charge on any atom is 0.340 e. The number of sulfonamides is 1. The number of esters is 1. The summed E-state index contributed by atoms with van der Waals surface area (Å²) in [6.45, 7) is 2.22. The first-order valence-electron chi connectivity index (χ1n) is 8.73. The van der Waals surface area contributed by atoms with E-state index in [-0.39, 0.29) is 28.4 Å². The molecule has 0 atom stereocenters. The quantitative estimate of drug-likeness (QED) is 0.355. The SMILES string of the molecule is CCCCOC(=O)c1ccccc1NC(=O)C(=O)Nc1ccc(S(N)(=O)=O)cc1. The molecular weight excluding hydrogens is 398 g/mol. The molecule has 2 aromatic rings. The van der Waals surface area contributed by atoms with Crippen LogP contribution in [0.1, 0.15) is 30.1 Å². The second-order valence-electron chi connectivity index (χ2n) is 6.01. The number of nitrogens with one attached hydrogen (secondary N) is 2. The molecule has 0 spiro atoms. The van der Waals surface area contributed by atoms with Gasteiger partial charge in [-0.2, -0.15) is 0 Å². The van der Waals surface area contributed by atoms with Gasteiger partial charge in [-0.25, -0.2) is 18.4 Å². The molecule has 0 aromatic heterocycles. The fourth-order valence-corrected chi connectivity index (χ4v) is 2.77. The number of carbonyl (C=O) groups excluding carboxylic acids is 3. The molecule has 0 fully saturated rings. The van der Waals surface area contributed by atoms with Gasteiger partial charge in [-0.3, -0.25) is 9.59 Å². The summed E-state index contributed by atoms with van der Waals surface area (Å²) in [5.74, 6) is -2.61. The summed E-state index contributed by atoms with van der Waals surface area (Å²) >= 11 is 0. The first kappa shape index (κ1) is 22.1. The first-order chi connectivity index (χ1) is 13.7. The van der Waals surface area contributed by atoms with Crippen molar-refractivity contribution in [2.45, 2.75) is 24.7 Å². The van der Waals surface area contributed by atoms with Gasteiger partial charge in [0.15, 0.2) is 0 Å². The van der Waals surface area contributed by atoms with E-state index in [1.54, 1.807) is 12.1 Å². The van der Waals surface area contributed by atoms with Crippen LogP contribution in [0, 0.1) is 0 Å². The number of carbonyl (C=O) groups is 3. The lowest BCUT2D eigenvalue weighted by molar-refractivity contribution is -0.133. The highest BCUT2D eigenvalue weighted by Crippen LogP contribution is 2.17. The van der Waals surface area contributed by atoms with Crippen LogP contribution in [0.2, 0.25) is 0 Å². The van der Waals surface area contributed by atoms with Crippen LogP contribution in [0.4, 0.5) is 11.4 Å². The lowest BCUT2D eigenvalue weighted by Gasteiger charge is -2.11. The zero-order chi connectivity index (χ0) is 21.4. The van der Waals surface area contributed by atoms with Crippen LogP contribution < -0.4 is 15.8 Å². The minimum Gasteiger partial charge on any atom is -0.462 e. The van der Waals surface area contributed by atoms with Gasteiger partial charge in [-0.05, 0) is 42.8 Å². The van der Waals surface area contributed by atoms with Crippen molar-refractivity contribution in [2.75, 3.05) is 17.2 Å². The van der Waals surface area contributed by atoms with Gasteiger partial charge in [0.1, 0.15) is 0 Å². The van der Waals surface area contributed by atoms with Gasteiger partial charge in [0.05, 0.1) is 22.8 Å². The maximum absolute atomic E-state index is 12.2. The smallest absolute Gasteiger partial charge is 0.340 e. The molecule has 29 heavy (non-hydrogen) atoms. The molecule has 0 aliphatic carbocycles. The average molecular weight is 419 g/mol. The van der Waals surface area contributed by atoms with Crippen LogP contribution in [-0.2, 0) is 24.3 Å². The molecule has 0 aliphatic heterocycles. The number of benzene rings is 2. The summed E-state index contributed by atoms with van der Waals surface area (Å²) in [7, 11) is -3.86. The third-order valence-corrected chi connectivity index (χ3v) is 4.70. The van der Waals surface area contributed by atoms with E-state index in [0.29, 0.717) is 6.42 Å². The molecule has 0 aliphatic rings. The molecule has 0 saturated heterocycles. The molecule has 9 nitrogen and oxygen atoms in total. The van der Waals surface area contributed by atoms with Crippen LogP contribution in [0.25, 0.3) is 0 Å². The number of rotatable bonds is 7. The summed E-state index contributed by atoms with van der Waals surface area (Å²) in [5, 5.41) is 9.70. The Morgan fingerprint density at radius 3 is 2.21 bits per heavy atom. The maximum atomic E-state index is 12.2. The average Bonchev–Trinajstić information content (AvgIpc) is 2.68. The summed E-state index contributed by atoms with van der Waals surface area (Å²) in [6.07, 6.45) is 1.58. The molecule has 0 bridgehead atoms. The number of primary sulfonamides is 1. The normalized spacial score (nSPS) is 10.8. The molecule has 0 heterocycles. The molecule has 0 saturated carbocycles. The predicted octanol–water partition coefficient (Wildman–Crippen LogP) is 1.87. The van der Waals surface area contributed by atoms with Crippen LogP contribution in [0.15, 0.2) is 53.4 Å². The van der Waals surface area contributed by atoms with E-state index >= 15 is 0 Å². The Kier molecular flexibility index (Phi) is 7.46. The molecule has 0 radical (unpaired) electrons. The van der Waals surface area contributed by atoms with E-state index in [1.165, 1.54) is 36.4 Å². The Labute approximate surface area is 168 Å². The summed E-state index contributed by atoms with van der Waals surface area (Å²) in [4.78, 5) is 36.3. The van der Waals surface area contributed by atoms with Gasteiger partial charge in [0, 0.05) is 5.69 Å². The van der Waals surface area contributed by atoms with Crippen molar-refractivity contribution >= 4 is 39.2 Å². The lowest BCUT2D eigenvalue weighted by atomic mass is 10.1. The van der Waals surface area contributed by atoms with Crippen molar-refractivity contribution in [2.24, 2.45) is 5.14 Å². The van der Waals surface area contributed by atoms with Gasteiger partial charge < -0.3 is 15.4 Å². The van der Waals surface area contributed by atoms with E-state index in [9.17, 15) is 22.8 Å². The van der Waals surface area contributed by atoms with Crippen LogP contribution >= 0.6 is 0 Å². The number of nitrogens with two attached hydrogens (primary N) is 1. The van der Waals surface area contributed by atoms with E-state index in [0.717, 1.165) is 6.42 Å². The second-order valence-corrected chi connectivity index (χ2v) is 7.57. The topological polar surface area (TPSA) is 145 Å². The number of para-hydroxylation sites is 1. The number of hydrogen-bond acceptors (Lipinski definition) is 6. The molecule has 154 valence electrons. The summed E-state index contributed by atoms with van der Waals surface area (Å²) in [6, 6.07) is 11.2. The van der Waals surface area contributed by atoms with E-state index < -0.39 is 27.8 Å². The van der Waals surface area contributed by atoms with Gasteiger partial charge >= 0.3 is 17.8 Å². The highest BCUT2D eigenvalue weighted by molar-refractivity contribution is 7.89. The highest BCUT2D eigenvalue weighted by atomic mass is 32.2. The van der Waals surface area contributed by atoms with Gasteiger partial charge in [-0.1, -0.05) is 25.5 Å². The number of anilines is 2. The zero-order valence-corrected chi connectivity index (χ0v) is 16.5. The van der Waals surface area contributed by atoms with Crippen molar-refractivity contribution < 1.29 is 27.5 Å². The highest BCUT2D eigenvalue weighted by Gasteiger charge is 2.19. The van der Waals surface area contributed by atoms with E-state index in [1.807, 2.05) is 6.92 Å². The monoisotopic (exact) mass is 419 g/mol. The minimum absolute atomic E-state index is 0.127. The van der Waals surface area contributed by atoms with Gasteiger partial charge in [0.2, 0.25) is 10.0 Å². The molecule has 10 heteroatoms. The zero-order valence-electron chi connectivity index (χ0n) is 15.7. The number of unbranched alkanes of at least 4 members (excludes halogenated alkanes) is 1. The Morgan fingerprint density at radius 1 is 0.966 bits per heavy atom. The van der Waals surface area contributed by atoms with Gasteiger partial charge in [-0.15, -0.1) is 0 Å². The molecule has 2 amide bonds. The number of ether oxygens (including phenoxy) is 1. The predicted molar refractivity (Wildman–Crippen MR) is 107 cm³/mol. The largest absolute Gasteiger partial charge is 0.462 e. The summed E-state index contributed by atoms with van der Waals surface area (Å²) < 4.78 is 27.6. The minimum atomic E-state index is -3.86. The third-order valence-electron chi connectivity index (χ3n) is 3.77. The number of amides is 2. The van der Waals surface area contributed by atoms with Crippen molar-refractivity contribution in [3.05, 3.63) is 54.1 Å². The fraction of sp³-hybridized carbons (Fsp3) is 0.211. The lowest BCUT2D eigenvalue weighted by Crippen LogP contribution is -2.29. The Hall–Kier alpha value is -3.24. The van der Waals surface area contributed by atoms with Gasteiger partial charge in [0.25, 0.3) is 0 Å². The molecule has 2 rings (SSSR count). The molecule has 4 N–H and O–H groups in total. The Bertz CT molecular complexity index is 1000. The van der Waals surface area contributed by atoms with Crippen LogP contribution in [-0.4, -0.2) is 32.8 Å². The van der Waals surface area contributed by atoms with Crippen molar-refractivity contribution in [1.29, 1.82) is 0 Å². The second kappa shape index (κ2) is 9.80. The van der Waals surface area contributed by atoms with Crippen molar-refractivity contribution in [3.63, 3.8) is 0 Å². The Morgan fingerprint density at radius 2 is 1.59 bits per heavy atom. The van der Waals surface area contributed by atoms with E-state index in [4.69, 9.17) is 9.88 Å². The first-order valence-corrected chi connectivity index (χ1v) is 10.3. The number of hydrogen-bond donors (Lipinski definition) is 3. The van der Waals surface area contributed by atoms with E-state index in [2.05, 4.69) is 10.6 Å². The third kappa shape index (κ3) is 6.40. The molecule has 2 aromatic carbocycles. The summed E-state index contributed by atoms with van der Waals surface area (Å²) in [5.41, 5.74) is 0.464. The van der Waals surface area contributed by atoms with Crippen LogP contribution in [0.3, 0.4) is 0 Å². The van der Waals surface area contributed by atoms with Crippen LogP contribution in [0.5, 0.6) is 0 Å². The molecule has 0 unspecified atom stereocenters. The Balaban J connectivity index is 2.04.